The van der Waals surface area contributed by atoms with Gasteiger partial charge in [-0.2, -0.15) is 4.31 Å². The molecule has 19 heavy (non-hydrogen) atoms. The number of hydrogen-bond donors (Lipinski definition) is 1. The van der Waals surface area contributed by atoms with Gasteiger partial charge in [0, 0.05) is 19.1 Å². The lowest BCUT2D eigenvalue weighted by Crippen LogP contribution is -2.46. The van der Waals surface area contributed by atoms with E-state index in [0.717, 1.165) is 18.4 Å². The molecule has 0 aromatic heterocycles. The second-order valence-corrected chi connectivity index (χ2v) is 7.16. The number of likely N-dealkylation sites (N-methyl/N-ethyl adjacent to an activating group) is 1. The van der Waals surface area contributed by atoms with E-state index in [0.29, 0.717) is 18.1 Å². The maximum atomic E-state index is 12.6. The Hall–Kier alpha value is -0.620. The van der Waals surface area contributed by atoms with Crippen LogP contribution in [0.4, 0.5) is 0 Å². The standard InChI is InChI=1S/C13H19ClN2O2S/c1-10-5-3-7-12(13(10)14)19(17,18)16-8-4-6-11(9-16)15-2/h3,5,7,11,15H,4,6,8-9H2,1-2H3. The molecule has 4 nitrogen and oxygen atoms in total. The van der Waals surface area contributed by atoms with Crippen LogP contribution in [0.1, 0.15) is 18.4 Å². The molecular formula is C13H19ClN2O2S. The van der Waals surface area contributed by atoms with Crippen LogP contribution in [0.5, 0.6) is 0 Å². The quantitative estimate of drug-likeness (QED) is 0.929. The fourth-order valence-corrected chi connectivity index (χ4v) is 4.44. The van der Waals surface area contributed by atoms with Gasteiger partial charge in [0.15, 0.2) is 0 Å². The van der Waals surface area contributed by atoms with E-state index < -0.39 is 10.0 Å². The van der Waals surface area contributed by atoms with Gasteiger partial charge < -0.3 is 5.32 Å². The molecular weight excluding hydrogens is 284 g/mol. The molecule has 0 radical (unpaired) electrons. The summed E-state index contributed by atoms with van der Waals surface area (Å²) in [6.07, 6.45) is 1.87. The number of halogens is 1. The summed E-state index contributed by atoms with van der Waals surface area (Å²) in [5.74, 6) is 0. The van der Waals surface area contributed by atoms with Crippen molar-refractivity contribution in [3.63, 3.8) is 0 Å². The van der Waals surface area contributed by atoms with Crippen molar-refractivity contribution in [2.24, 2.45) is 0 Å². The van der Waals surface area contributed by atoms with Crippen molar-refractivity contribution >= 4 is 21.6 Å². The fraction of sp³-hybridized carbons (Fsp3) is 0.538. The zero-order valence-corrected chi connectivity index (χ0v) is 12.8. The second kappa shape index (κ2) is 5.79. The molecule has 1 aromatic rings. The minimum Gasteiger partial charge on any atom is -0.316 e. The number of nitrogens with one attached hydrogen (secondary N) is 1. The molecule has 0 aliphatic carbocycles. The number of benzene rings is 1. The summed E-state index contributed by atoms with van der Waals surface area (Å²) in [5.41, 5.74) is 0.782. The lowest BCUT2D eigenvalue weighted by Gasteiger charge is -2.32. The normalized spacial score (nSPS) is 21.5. The van der Waals surface area contributed by atoms with Gasteiger partial charge in [-0.1, -0.05) is 23.7 Å². The predicted octanol–water partition coefficient (Wildman–Crippen LogP) is 2.02. The highest BCUT2D eigenvalue weighted by Gasteiger charge is 2.31. The highest BCUT2D eigenvalue weighted by molar-refractivity contribution is 7.89. The SMILES string of the molecule is CNC1CCCN(S(=O)(=O)c2cccc(C)c2Cl)C1. The minimum absolute atomic E-state index is 0.214. The van der Waals surface area contributed by atoms with E-state index in [-0.39, 0.29) is 10.9 Å². The molecule has 2 rings (SSSR count). The van der Waals surface area contributed by atoms with Gasteiger partial charge in [-0.25, -0.2) is 8.42 Å². The summed E-state index contributed by atoms with van der Waals surface area (Å²) in [6.45, 7) is 2.88. The Labute approximate surface area is 119 Å². The van der Waals surface area contributed by atoms with Crippen LogP contribution in [0, 0.1) is 6.92 Å². The molecule has 0 bridgehead atoms. The number of nitrogens with zero attached hydrogens (tertiary/aromatic N) is 1. The molecule has 0 spiro atoms. The lowest BCUT2D eigenvalue weighted by molar-refractivity contribution is 0.293. The first-order valence-electron chi connectivity index (χ1n) is 6.39. The smallest absolute Gasteiger partial charge is 0.244 e. The van der Waals surface area contributed by atoms with E-state index in [4.69, 9.17) is 11.6 Å². The summed E-state index contributed by atoms with van der Waals surface area (Å²) in [5, 5.41) is 3.47. The van der Waals surface area contributed by atoms with Gasteiger partial charge in [0.2, 0.25) is 10.0 Å². The van der Waals surface area contributed by atoms with Gasteiger partial charge in [0.25, 0.3) is 0 Å². The van der Waals surface area contributed by atoms with Crippen molar-refractivity contribution in [1.82, 2.24) is 9.62 Å². The Bertz CT molecular complexity index is 560. The van der Waals surface area contributed by atoms with E-state index in [9.17, 15) is 8.42 Å². The van der Waals surface area contributed by atoms with E-state index in [1.807, 2.05) is 20.0 Å². The average Bonchev–Trinajstić information content (AvgIpc) is 2.41. The largest absolute Gasteiger partial charge is 0.316 e. The van der Waals surface area contributed by atoms with Crippen LogP contribution in [0.3, 0.4) is 0 Å². The van der Waals surface area contributed by atoms with Crippen LogP contribution in [0.15, 0.2) is 23.1 Å². The maximum absolute atomic E-state index is 12.6. The molecule has 1 aliphatic rings. The predicted molar refractivity (Wildman–Crippen MR) is 77.0 cm³/mol. The van der Waals surface area contributed by atoms with E-state index in [1.165, 1.54) is 4.31 Å². The third-order valence-electron chi connectivity index (χ3n) is 3.57. The van der Waals surface area contributed by atoms with Crippen LogP contribution < -0.4 is 5.32 Å². The van der Waals surface area contributed by atoms with Crippen molar-refractivity contribution < 1.29 is 8.42 Å². The van der Waals surface area contributed by atoms with Crippen LogP contribution in [-0.2, 0) is 10.0 Å². The first-order valence-corrected chi connectivity index (χ1v) is 8.21. The van der Waals surface area contributed by atoms with Crippen molar-refractivity contribution in [3.8, 4) is 0 Å². The van der Waals surface area contributed by atoms with Crippen molar-refractivity contribution in [2.75, 3.05) is 20.1 Å². The minimum atomic E-state index is -3.50. The molecule has 1 atom stereocenters. The third kappa shape index (κ3) is 2.94. The summed E-state index contributed by atoms with van der Waals surface area (Å²) >= 11 is 6.15. The number of piperidine rings is 1. The fourth-order valence-electron chi connectivity index (χ4n) is 2.36. The lowest BCUT2D eigenvalue weighted by atomic mass is 10.1. The van der Waals surface area contributed by atoms with Crippen molar-refractivity contribution in [1.29, 1.82) is 0 Å². The average molecular weight is 303 g/mol. The van der Waals surface area contributed by atoms with Crippen LogP contribution in [0.25, 0.3) is 0 Å². The molecule has 1 aromatic carbocycles. The molecule has 6 heteroatoms. The number of hydrogen-bond acceptors (Lipinski definition) is 3. The Morgan fingerprint density at radius 2 is 2.16 bits per heavy atom. The summed E-state index contributed by atoms with van der Waals surface area (Å²) in [7, 11) is -1.64. The Balaban J connectivity index is 2.34. The Morgan fingerprint density at radius 1 is 1.42 bits per heavy atom. The summed E-state index contributed by atoms with van der Waals surface area (Å²) in [6, 6.07) is 5.34. The molecule has 1 unspecified atom stereocenters. The third-order valence-corrected chi connectivity index (χ3v) is 6.09. The summed E-state index contributed by atoms with van der Waals surface area (Å²) < 4.78 is 26.8. The van der Waals surface area contributed by atoms with Gasteiger partial charge in [-0.15, -0.1) is 0 Å². The first kappa shape index (κ1) is 14.8. The maximum Gasteiger partial charge on any atom is 0.244 e. The van der Waals surface area contributed by atoms with Gasteiger partial charge in [-0.05, 0) is 38.4 Å². The van der Waals surface area contributed by atoms with Crippen molar-refractivity contribution in [3.05, 3.63) is 28.8 Å². The van der Waals surface area contributed by atoms with E-state index >= 15 is 0 Å². The zero-order valence-electron chi connectivity index (χ0n) is 11.2. The van der Waals surface area contributed by atoms with E-state index in [1.54, 1.807) is 12.1 Å². The highest BCUT2D eigenvalue weighted by atomic mass is 35.5. The molecule has 1 N–H and O–H groups in total. The second-order valence-electron chi connectivity index (χ2n) is 4.88. The van der Waals surface area contributed by atoms with E-state index in [2.05, 4.69) is 5.32 Å². The van der Waals surface area contributed by atoms with Gasteiger partial charge in [-0.3, -0.25) is 0 Å². The molecule has 1 fully saturated rings. The van der Waals surface area contributed by atoms with Gasteiger partial charge >= 0.3 is 0 Å². The molecule has 1 aliphatic heterocycles. The molecule has 106 valence electrons. The topological polar surface area (TPSA) is 49.4 Å². The number of rotatable bonds is 3. The first-order chi connectivity index (χ1) is 8.96. The van der Waals surface area contributed by atoms with Crippen molar-refractivity contribution in [2.45, 2.75) is 30.7 Å². The molecule has 1 saturated heterocycles. The number of aryl methyl sites for hydroxylation is 1. The molecule has 1 heterocycles. The number of sulfonamides is 1. The van der Waals surface area contributed by atoms with Crippen LogP contribution in [0.2, 0.25) is 5.02 Å². The monoisotopic (exact) mass is 302 g/mol. The van der Waals surface area contributed by atoms with Crippen LogP contribution in [-0.4, -0.2) is 38.9 Å². The van der Waals surface area contributed by atoms with Gasteiger partial charge in [0.1, 0.15) is 4.90 Å². The molecule has 0 saturated carbocycles. The van der Waals surface area contributed by atoms with Gasteiger partial charge in [0.05, 0.1) is 5.02 Å². The Morgan fingerprint density at radius 3 is 2.84 bits per heavy atom. The molecule has 0 amide bonds. The highest BCUT2D eigenvalue weighted by Crippen LogP contribution is 2.28. The zero-order chi connectivity index (χ0) is 14.0. The van der Waals surface area contributed by atoms with Crippen LogP contribution >= 0.6 is 11.6 Å². The Kier molecular flexibility index (Phi) is 4.50. The summed E-state index contributed by atoms with van der Waals surface area (Å²) in [4.78, 5) is 0.214.